The van der Waals surface area contributed by atoms with Crippen molar-refractivity contribution in [3.63, 3.8) is 0 Å². The van der Waals surface area contributed by atoms with Gasteiger partial charge < -0.3 is 19.9 Å². The number of carbonyl (C=O) groups is 3. The quantitative estimate of drug-likeness (QED) is 0.577. The Balaban J connectivity index is 2.54. The summed E-state index contributed by atoms with van der Waals surface area (Å²) in [4.78, 5) is 34.5. The van der Waals surface area contributed by atoms with Crippen LogP contribution in [0.15, 0.2) is 30.3 Å². The molecule has 0 radical (unpaired) electrons. The largest absolute Gasteiger partial charge is 0.480 e. The van der Waals surface area contributed by atoms with Gasteiger partial charge in [0.2, 0.25) is 0 Å². The van der Waals surface area contributed by atoms with E-state index in [1.807, 2.05) is 0 Å². The van der Waals surface area contributed by atoms with E-state index in [2.05, 4.69) is 5.32 Å². The van der Waals surface area contributed by atoms with Crippen LogP contribution in [-0.4, -0.2) is 29.1 Å². The number of ether oxygens (including phenoxy) is 2. The van der Waals surface area contributed by atoms with E-state index in [9.17, 15) is 14.4 Å². The molecule has 7 nitrogen and oxygen atoms in total. The minimum atomic E-state index is -0.992. The molecule has 2 N–H and O–H groups in total. The van der Waals surface area contributed by atoms with Gasteiger partial charge in [-0.05, 0) is 30.5 Å². The minimum absolute atomic E-state index is 0.114. The van der Waals surface area contributed by atoms with E-state index in [4.69, 9.17) is 14.6 Å². The van der Waals surface area contributed by atoms with Crippen LogP contribution in [0.4, 0.5) is 5.69 Å². The number of fused-ring (bicyclic) bond motifs is 1. The van der Waals surface area contributed by atoms with Gasteiger partial charge in [0.05, 0.1) is 0 Å². The second-order valence-corrected chi connectivity index (χ2v) is 5.69. The summed E-state index contributed by atoms with van der Waals surface area (Å²) < 4.78 is 10.6. The van der Waals surface area contributed by atoms with Gasteiger partial charge in [-0.25, -0.2) is 0 Å². The topological polar surface area (TPSA) is 102 Å². The molecule has 7 heteroatoms. The van der Waals surface area contributed by atoms with Crippen molar-refractivity contribution in [3.8, 4) is 11.5 Å². The third-order valence-electron chi connectivity index (χ3n) is 3.71. The first kappa shape index (κ1) is 19.2. The van der Waals surface area contributed by atoms with Crippen LogP contribution in [0.25, 0.3) is 10.8 Å². The van der Waals surface area contributed by atoms with Crippen molar-refractivity contribution < 1.29 is 29.0 Å². The third kappa shape index (κ3) is 4.50. The number of carboxylic acids is 1. The number of aliphatic carboxylic acids is 1. The van der Waals surface area contributed by atoms with Crippen molar-refractivity contribution in [2.45, 2.75) is 39.7 Å². The van der Waals surface area contributed by atoms with Gasteiger partial charge >= 0.3 is 17.9 Å². The number of carbonyl (C=O) groups excluding carboxylic acids is 2. The van der Waals surface area contributed by atoms with Crippen molar-refractivity contribution >= 4 is 34.4 Å². The van der Waals surface area contributed by atoms with Crippen LogP contribution in [0.1, 0.15) is 33.6 Å². The Labute approximate surface area is 150 Å². The molecular weight excluding hydrogens is 338 g/mol. The molecule has 0 aromatic heterocycles. The maximum atomic E-state index is 11.7. The second-order valence-electron chi connectivity index (χ2n) is 5.69. The lowest BCUT2D eigenvalue weighted by Crippen LogP contribution is -2.25. The number of benzene rings is 2. The van der Waals surface area contributed by atoms with E-state index < -0.39 is 23.9 Å². The molecule has 0 spiro atoms. The Kier molecular flexibility index (Phi) is 6.16. The standard InChI is InChI=1S/C19H21NO6/c1-4-17(21)25-15-9-12-7-6-8-14(20-11(3)19(23)24)13(12)10-16(15)26-18(22)5-2/h6-11,20H,4-5H2,1-3H3,(H,23,24). The monoisotopic (exact) mass is 359 g/mol. The molecule has 0 saturated heterocycles. The molecule has 2 rings (SSSR count). The smallest absolute Gasteiger partial charge is 0.325 e. The molecule has 0 saturated carbocycles. The minimum Gasteiger partial charge on any atom is -0.480 e. The van der Waals surface area contributed by atoms with Crippen LogP contribution >= 0.6 is 0 Å². The SMILES string of the molecule is CCC(=O)Oc1cc2cccc(NC(C)C(=O)O)c2cc1OC(=O)CC. The highest BCUT2D eigenvalue weighted by Gasteiger charge is 2.17. The lowest BCUT2D eigenvalue weighted by Gasteiger charge is -2.16. The zero-order valence-electron chi connectivity index (χ0n) is 14.9. The number of rotatable bonds is 7. The highest BCUT2D eigenvalue weighted by atomic mass is 16.6. The zero-order valence-corrected chi connectivity index (χ0v) is 14.9. The molecule has 2 aromatic rings. The molecule has 138 valence electrons. The van der Waals surface area contributed by atoms with E-state index in [0.29, 0.717) is 16.5 Å². The van der Waals surface area contributed by atoms with Crippen molar-refractivity contribution in [3.05, 3.63) is 30.3 Å². The predicted octanol–water partition coefficient (Wildman–Crippen LogP) is 3.36. The van der Waals surface area contributed by atoms with Gasteiger partial charge in [-0.15, -0.1) is 0 Å². The number of nitrogens with one attached hydrogen (secondary N) is 1. The second kappa shape index (κ2) is 8.33. The zero-order chi connectivity index (χ0) is 19.3. The number of anilines is 1. The highest BCUT2D eigenvalue weighted by molar-refractivity contribution is 5.98. The first-order chi connectivity index (χ1) is 12.3. The number of esters is 2. The van der Waals surface area contributed by atoms with Crippen molar-refractivity contribution in [2.24, 2.45) is 0 Å². The molecule has 2 aromatic carbocycles. The molecule has 1 unspecified atom stereocenters. The first-order valence-electron chi connectivity index (χ1n) is 8.33. The lowest BCUT2D eigenvalue weighted by atomic mass is 10.1. The summed E-state index contributed by atoms with van der Waals surface area (Å²) >= 11 is 0. The Morgan fingerprint density at radius 2 is 1.62 bits per heavy atom. The number of hydrogen-bond acceptors (Lipinski definition) is 6. The van der Waals surface area contributed by atoms with Gasteiger partial charge in [0.25, 0.3) is 0 Å². The van der Waals surface area contributed by atoms with E-state index in [1.165, 1.54) is 6.92 Å². The third-order valence-corrected chi connectivity index (χ3v) is 3.71. The predicted molar refractivity (Wildman–Crippen MR) is 96.5 cm³/mol. The van der Waals surface area contributed by atoms with Crippen LogP contribution in [0.5, 0.6) is 11.5 Å². The van der Waals surface area contributed by atoms with Gasteiger partial charge in [0.1, 0.15) is 6.04 Å². The fraction of sp³-hybridized carbons (Fsp3) is 0.316. The Bertz CT molecular complexity index is 845. The average molecular weight is 359 g/mol. The van der Waals surface area contributed by atoms with Crippen molar-refractivity contribution in [2.75, 3.05) is 5.32 Å². The molecule has 0 aliphatic carbocycles. The summed E-state index contributed by atoms with van der Waals surface area (Å²) in [5.74, 6) is -1.65. The Morgan fingerprint density at radius 1 is 1.04 bits per heavy atom. The molecule has 0 fully saturated rings. The van der Waals surface area contributed by atoms with E-state index >= 15 is 0 Å². The fourth-order valence-electron chi connectivity index (χ4n) is 2.25. The summed E-state index contributed by atoms with van der Waals surface area (Å²) in [6.45, 7) is 4.84. The van der Waals surface area contributed by atoms with Crippen molar-refractivity contribution in [1.82, 2.24) is 0 Å². The van der Waals surface area contributed by atoms with E-state index in [1.54, 1.807) is 44.2 Å². The van der Waals surface area contributed by atoms with Crippen molar-refractivity contribution in [1.29, 1.82) is 0 Å². The molecule has 1 atom stereocenters. The van der Waals surface area contributed by atoms with Crippen LogP contribution in [0.2, 0.25) is 0 Å². The molecule has 0 aliphatic rings. The van der Waals surface area contributed by atoms with Gasteiger partial charge in [-0.3, -0.25) is 14.4 Å². The van der Waals surface area contributed by atoms with Crippen LogP contribution in [-0.2, 0) is 14.4 Å². The normalized spacial score (nSPS) is 11.7. The average Bonchev–Trinajstić information content (AvgIpc) is 2.62. The molecular formula is C19H21NO6. The summed E-state index contributed by atoms with van der Waals surface area (Å²) in [6, 6.07) is 7.63. The molecule has 0 amide bonds. The first-order valence-corrected chi connectivity index (χ1v) is 8.33. The van der Waals surface area contributed by atoms with Gasteiger partial charge in [0.15, 0.2) is 11.5 Å². The van der Waals surface area contributed by atoms with E-state index in [-0.39, 0.29) is 24.3 Å². The van der Waals surface area contributed by atoms with Crippen LogP contribution in [0, 0.1) is 0 Å². The summed E-state index contributed by atoms with van der Waals surface area (Å²) in [7, 11) is 0. The summed E-state index contributed by atoms with van der Waals surface area (Å²) in [5.41, 5.74) is 0.569. The van der Waals surface area contributed by atoms with Gasteiger partial charge in [0, 0.05) is 23.9 Å². The molecule has 26 heavy (non-hydrogen) atoms. The van der Waals surface area contributed by atoms with E-state index in [0.717, 1.165) is 0 Å². The number of carboxylic acid groups (broad SMARTS) is 1. The summed E-state index contributed by atoms with van der Waals surface area (Å²) in [6.07, 6.45) is 0.339. The molecule has 0 bridgehead atoms. The Hall–Kier alpha value is -3.09. The van der Waals surface area contributed by atoms with Gasteiger partial charge in [-0.2, -0.15) is 0 Å². The number of hydrogen-bond donors (Lipinski definition) is 2. The lowest BCUT2D eigenvalue weighted by molar-refractivity contribution is -0.137. The maximum absolute atomic E-state index is 11.7. The van der Waals surface area contributed by atoms with Crippen LogP contribution in [0.3, 0.4) is 0 Å². The fourth-order valence-corrected chi connectivity index (χ4v) is 2.25. The van der Waals surface area contributed by atoms with Crippen LogP contribution < -0.4 is 14.8 Å². The molecule has 0 heterocycles. The molecule has 0 aliphatic heterocycles. The highest BCUT2D eigenvalue weighted by Crippen LogP contribution is 2.36. The summed E-state index contributed by atoms with van der Waals surface area (Å²) in [5, 5.41) is 13.4. The maximum Gasteiger partial charge on any atom is 0.325 e. The van der Waals surface area contributed by atoms with Gasteiger partial charge in [-0.1, -0.05) is 26.0 Å². The Morgan fingerprint density at radius 3 is 2.15 bits per heavy atom.